The molecule has 4 nitrogen and oxygen atoms in total. The molecule has 0 spiro atoms. The van der Waals surface area contributed by atoms with Crippen LogP contribution in [-0.2, 0) is 9.53 Å². The molecular formula is C17H22O4. The van der Waals surface area contributed by atoms with Crippen molar-refractivity contribution in [2.45, 2.75) is 26.9 Å². The smallest absolute Gasteiger partial charge is 0.161 e. The Morgan fingerprint density at radius 2 is 2.10 bits per heavy atom. The van der Waals surface area contributed by atoms with Gasteiger partial charge in [-0.15, -0.1) is 0 Å². The number of hydrogen-bond acceptors (Lipinski definition) is 4. The van der Waals surface area contributed by atoms with Gasteiger partial charge in [-0.1, -0.05) is 32.9 Å². The van der Waals surface area contributed by atoms with Crippen molar-refractivity contribution in [1.29, 1.82) is 0 Å². The van der Waals surface area contributed by atoms with Gasteiger partial charge < -0.3 is 14.2 Å². The quantitative estimate of drug-likeness (QED) is 0.596. The number of methoxy groups -OCH3 is 1. The second-order valence-electron chi connectivity index (χ2n) is 6.12. The molecule has 114 valence electrons. The molecule has 1 aliphatic rings. The van der Waals surface area contributed by atoms with Gasteiger partial charge in [-0.25, -0.2) is 0 Å². The van der Waals surface area contributed by atoms with E-state index in [0.717, 1.165) is 12.2 Å². The summed E-state index contributed by atoms with van der Waals surface area (Å²) in [6.45, 7) is 6.97. The molecule has 1 saturated heterocycles. The molecule has 1 atom stereocenters. The fraction of sp³-hybridized carbons (Fsp3) is 0.471. The molecule has 2 rings (SSSR count). The Morgan fingerprint density at radius 3 is 2.67 bits per heavy atom. The van der Waals surface area contributed by atoms with E-state index in [1.807, 2.05) is 39.0 Å². The maximum absolute atomic E-state index is 11.9. The fourth-order valence-electron chi connectivity index (χ4n) is 1.68. The minimum absolute atomic E-state index is 0.0900. The van der Waals surface area contributed by atoms with Gasteiger partial charge in [0, 0.05) is 5.41 Å². The topological polar surface area (TPSA) is 48.1 Å². The molecule has 0 radical (unpaired) electrons. The Morgan fingerprint density at radius 1 is 1.38 bits per heavy atom. The van der Waals surface area contributed by atoms with Crippen LogP contribution in [0.4, 0.5) is 0 Å². The summed E-state index contributed by atoms with van der Waals surface area (Å²) in [6.07, 6.45) is 3.60. The lowest BCUT2D eigenvalue weighted by molar-refractivity contribution is -0.121. The Hall–Kier alpha value is -1.81. The van der Waals surface area contributed by atoms with E-state index in [4.69, 9.17) is 14.2 Å². The monoisotopic (exact) mass is 290 g/mol. The molecular weight excluding hydrogens is 268 g/mol. The first-order valence-corrected chi connectivity index (χ1v) is 7.05. The molecule has 1 fully saturated rings. The van der Waals surface area contributed by atoms with Gasteiger partial charge in [0.25, 0.3) is 0 Å². The van der Waals surface area contributed by atoms with Crippen molar-refractivity contribution in [3.05, 3.63) is 29.8 Å². The number of rotatable bonds is 6. The lowest BCUT2D eigenvalue weighted by atomic mass is 9.90. The average molecular weight is 290 g/mol. The highest BCUT2D eigenvalue weighted by molar-refractivity contribution is 5.97. The van der Waals surface area contributed by atoms with Crippen LogP contribution in [0.3, 0.4) is 0 Å². The van der Waals surface area contributed by atoms with E-state index in [1.54, 1.807) is 19.3 Å². The van der Waals surface area contributed by atoms with Crippen LogP contribution in [0.25, 0.3) is 6.08 Å². The number of hydrogen-bond donors (Lipinski definition) is 0. The molecule has 1 heterocycles. The summed E-state index contributed by atoms with van der Waals surface area (Å²) in [6, 6.07) is 5.60. The number of benzene rings is 1. The summed E-state index contributed by atoms with van der Waals surface area (Å²) in [7, 11) is 1.61. The molecule has 4 heteroatoms. The van der Waals surface area contributed by atoms with Crippen LogP contribution in [0.1, 0.15) is 26.3 Å². The maximum Gasteiger partial charge on any atom is 0.161 e. The van der Waals surface area contributed by atoms with Crippen molar-refractivity contribution >= 4 is 11.9 Å². The Labute approximate surface area is 125 Å². The van der Waals surface area contributed by atoms with Crippen molar-refractivity contribution in [2.75, 3.05) is 20.3 Å². The molecule has 1 aliphatic heterocycles. The molecule has 0 N–H and O–H groups in total. The SMILES string of the molecule is COc1ccc(C=CC(=O)C(C)(C)C)cc1OCC1CO1. The van der Waals surface area contributed by atoms with E-state index in [9.17, 15) is 4.79 Å². The minimum Gasteiger partial charge on any atom is -0.493 e. The lowest BCUT2D eigenvalue weighted by Gasteiger charge is -2.13. The van der Waals surface area contributed by atoms with Gasteiger partial charge in [0.15, 0.2) is 17.3 Å². The van der Waals surface area contributed by atoms with Gasteiger partial charge in [0.1, 0.15) is 12.7 Å². The van der Waals surface area contributed by atoms with Gasteiger partial charge >= 0.3 is 0 Å². The highest BCUT2D eigenvalue weighted by Crippen LogP contribution is 2.29. The average Bonchev–Trinajstić information content (AvgIpc) is 3.25. The Kier molecular flexibility index (Phi) is 4.68. The first-order valence-electron chi connectivity index (χ1n) is 7.05. The summed E-state index contributed by atoms with van der Waals surface area (Å²) >= 11 is 0. The van der Waals surface area contributed by atoms with Crippen molar-refractivity contribution in [2.24, 2.45) is 5.41 Å². The van der Waals surface area contributed by atoms with Crippen molar-refractivity contribution < 1.29 is 19.0 Å². The zero-order valence-electron chi connectivity index (χ0n) is 13.0. The second-order valence-corrected chi connectivity index (χ2v) is 6.12. The standard InChI is InChI=1S/C17H22O4/c1-17(2,3)16(18)8-6-12-5-7-14(19-4)15(9-12)21-11-13-10-20-13/h5-9,13H,10-11H2,1-4H3. The zero-order chi connectivity index (χ0) is 15.5. The molecule has 0 saturated carbocycles. The van der Waals surface area contributed by atoms with Crippen molar-refractivity contribution in [3.63, 3.8) is 0 Å². The zero-order valence-corrected chi connectivity index (χ0v) is 13.0. The second kappa shape index (κ2) is 6.31. The van der Waals surface area contributed by atoms with Crippen molar-refractivity contribution in [3.8, 4) is 11.5 Å². The van der Waals surface area contributed by atoms with E-state index < -0.39 is 0 Å². The number of carbonyl (C=O) groups excluding carboxylic acids is 1. The van der Waals surface area contributed by atoms with Crippen LogP contribution >= 0.6 is 0 Å². The van der Waals surface area contributed by atoms with Crippen LogP contribution in [0.2, 0.25) is 0 Å². The first kappa shape index (κ1) is 15.6. The van der Waals surface area contributed by atoms with Gasteiger partial charge in [-0.2, -0.15) is 0 Å². The van der Waals surface area contributed by atoms with E-state index in [1.165, 1.54) is 0 Å². The Balaban J connectivity index is 2.10. The molecule has 0 aliphatic carbocycles. The molecule has 0 aromatic heterocycles. The predicted molar refractivity (Wildman–Crippen MR) is 81.7 cm³/mol. The molecule has 1 aromatic carbocycles. The highest BCUT2D eigenvalue weighted by Gasteiger charge is 2.23. The maximum atomic E-state index is 11.9. The predicted octanol–water partition coefficient (Wildman–Crippen LogP) is 3.10. The third-order valence-electron chi connectivity index (χ3n) is 3.18. The van der Waals surface area contributed by atoms with E-state index in [2.05, 4.69) is 0 Å². The number of ketones is 1. The van der Waals surface area contributed by atoms with Crippen LogP contribution in [0, 0.1) is 5.41 Å². The van der Waals surface area contributed by atoms with E-state index >= 15 is 0 Å². The summed E-state index contributed by atoms with van der Waals surface area (Å²) in [5.41, 5.74) is 0.533. The third-order valence-corrected chi connectivity index (χ3v) is 3.18. The van der Waals surface area contributed by atoms with Crippen molar-refractivity contribution in [1.82, 2.24) is 0 Å². The summed E-state index contributed by atoms with van der Waals surface area (Å²) in [4.78, 5) is 11.9. The van der Waals surface area contributed by atoms with Crippen LogP contribution in [0.5, 0.6) is 11.5 Å². The summed E-state index contributed by atoms with van der Waals surface area (Å²) in [5, 5.41) is 0. The molecule has 0 amide bonds. The number of carbonyl (C=O) groups is 1. The number of epoxide rings is 1. The summed E-state index contributed by atoms with van der Waals surface area (Å²) in [5.74, 6) is 1.43. The van der Waals surface area contributed by atoms with Crippen LogP contribution in [0.15, 0.2) is 24.3 Å². The number of allylic oxidation sites excluding steroid dienone is 1. The number of ether oxygens (including phenoxy) is 3. The largest absolute Gasteiger partial charge is 0.493 e. The Bertz CT molecular complexity index is 536. The normalized spacial score (nSPS) is 17.8. The van der Waals surface area contributed by atoms with Gasteiger partial charge in [-0.05, 0) is 23.8 Å². The van der Waals surface area contributed by atoms with Crippen LogP contribution in [-0.4, -0.2) is 32.2 Å². The lowest BCUT2D eigenvalue weighted by Crippen LogP contribution is -2.17. The van der Waals surface area contributed by atoms with Gasteiger partial charge in [0.2, 0.25) is 0 Å². The molecule has 1 unspecified atom stereocenters. The first-order chi connectivity index (χ1) is 9.90. The molecule has 0 bridgehead atoms. The van der Waals surface area contributed by atoms with E-state index in [-0.39, 0.29) is 17.3 Å². The van der Waals surface area contributed by atoms with Crippen LogP contribution < -0.4 is 9.47 Å². The van der Waals surface area contributed by atoms with E-state index in [0.29, 0.717) is 18.1 Å². The van der Waals surface area contributed by atoms with Gasteiger partial charge in [-0.3, -0.25) is 4.79 Å². The highest BCUT2D eigenvalue weighted by atomic mass is 16.6. The minimum atomic E-state index is -0.369. The summed E-state index contributed by atoms with van der Waals surface area (Å²) < 4.78 is 16.1. The molecule has 1 aromatic rings. The third kappa shape index (κ3) is 4.60. The van der Waals surface area contributed by atoms with Gasteiger partial charge in [0.05, 0.1) is 13.7 Å². The molecule has 21 heavy (non-hydrogen) atoms. The fourth-order valence-corrected chi connectivity index (χ4v) is 1.68.